The SMILES string of the molecule is Cc1cccc(Nc2nccc(C(=O)Nc3cc(Cl)cc(Cl)c3)n2)c1. The molecule has 0 radical (unpaired) electrons. The summed E-state index contributed by atoms with van der Waals surface area (Å²) in [6.07, 6.45) is 1.52. The first kappa shape index (κ1) is 17.2. The van der Waals surface area contributed by atoms with E-state index in [2.05, 4.69) is 20.6 Å². The normalized spacial score (nSPS) is 10.4. The Morgan fingerprint density at radius 2 is 1.76 bits per heavy atom. The van der Waals surface area contributed by atoms with Crippen molar-refractivity contribution >= 4 is 46.4 Å². The van der Waals surface area contributed by atoms with Crippen LogP contribution in [0.25, 0.3) is 0 Å². The van der Waals surface area contributed by atoms with Gasteiger partial charge in [-0.1, -0.05) is 35.3 Å². The summed E-state index contributed by atoms with van der Waals surface area (Å²) in [4.78, 5) is 20.8. The first-order chi connectivity index (χ1) is 12.0. The molecule has 0 atom stereocenters. The Labute approximate surface area is 155 Å². The van der Waals surface area contributed by atoms with Crippen molar-refractivity contribution in [2.24, 2.45) is 0 Å². The highest BCUT2D eigenvalue weighted by atomic mass is 35.5. The fourth-order valence-corrected chi connectivity index (χ4v) is 2.74. The van der Waals surface area contributed by atoms with Crippen molar-refractivity contribution in [1.82, 2.24) is 9.97 Å². The van der Waals surface area contributed by atoms with Crippen LogP contribution in [0.15, 0.2) is 54.7 Å². The number of hydrogen-bond donors (Lipinski definition) is 2. The van der Waals surface area contributed by atoms with Gasteiger partial charge in [-0.05, 0) is 48.9 Å². The molecule has 0 fully saturated rings. The lowest BCUT2D eigenvalue weighted by Gasteiger charge is -2.08. The molecule has 0 saturated heterocycles. The van der Waals surface area contributed by atoms with Gasteiger partial charge < -0.3 is 10.6 Å². The van der Waals surface area contributed by atoms with Crippen LogP contribution in [0, 0.1) is 6.92 Å². The summed E-state index contributed by atoms with van der Waals surface area (Å²) in [7, 11) is 0. The average Bonchev–Trinajstić information content (AvgIpc) is 2.54. The highest BCUT2D eigenvalue weighted by Gasteiger charge is 2.10. The number of amides is 1. The Hall–Kier alpha value is -2.63. The number of benzene rings is 2. The zero-order valence-corrected chi connectivity index (χ0v) is 14.8. The van der Waals surface area contributed by atoms with Crippen molar-refractivity contribution in [3.8, 4) is 0 Å². The number of halogens is 2. The fourth-order valence-electron chi connectivity index (χ4n) is 2.22. The van der Waals surface area contributed by atoms with Crippen LogP contribution in [0.1, 0.15) is 16.1 Å². The van der Waals surface area contributed by atoms with E-state index < -0.39 is 0 Å². The molecular weight excluding hydrogens is 359 g/mol. The number of rotatable bonds is 4. The number of carbonyl (C=O) groups excluding carboxylic acids is 1. The van der Waals surface area contributed by atoms with Gasteiger partial charge in [0.2, 0.25) is 5.95 Å². The molecule has 1 amide bonds. The van der Waals surface area contributed by atoms with Gasteiger partial charge in [0, 0.05) is 27.6 Å². The number of nitrogens with zero attached hydrogens (tertiary/aromatic N) is 2. The summed E-state index contributed by atoms with van der Waals surface area (Å²) < 4.78 is 0. The number of hydrogen-bond acceptors (Lipinski definition) is 4. The van der Waals surface area contributed by atoms with E-state index in [-0.39, 0.29) is 11.6 Å². The molecule has 0 saturated carbocycles. The number of aryl methyl sites for hydroxylation is 1. The van der Waals surface area contributed by atoms with Gasteiger partial charge in [-0.2, -0.15) is 0 Å². The van der Waals surface area contributed by atoms with Crippen molar-refractivity contribution in [2.45, 2.75) is 6.92 Å². The largest absolute Gasteiger partial charge is 0.324 e. The summed E-state index contributed by atoms with van der Waals surface area (Å²) in [5.41, 5.74) is 2.67. The standard InChI is InChI=1S/C18H14Cl2N4O/c1-11-3-2-4-14(7-11)23-18-21-6-5-16(24-18)17(25)22-15-9-12(19)8-13(20)10-15/h2-10H,1H3,(H,22,25)(H,21,23,24). The smallest absolute Gasteiger partial charge is 0.274 e. The first-order valence-corrected chi connectivity index (χ1v) is 8.19. The maximum absolute atomic E-state index is 12.4. The lowest BCUT2D eigenvalue weighted by Crippen LogP contribution is -2.14. The molecule has 0 aliphatic carbocycles. The highest BCUT2D eigenvalue weighted by Crippen LogP contribution is 2.23. The van der Waals surface area contributed by atoms with Gasteiger partial charge in [0.15, 0.2) is 0 Å². The van der Waals surface area contributed by atoms with Gasteiger partial charge in [0.1, 0.15) is 5.69 Å². The van der Waals surface area contributed by atoms with Crippen LogP contribution in [0.5, 0.6) is 0 Å². The molecule has 2 N–H and O–H groups in total. The Morgan fingerprint density at radius 1 is 1.00 bits per heavy atom. The summed E-state index contributed by atoms with van der Waals surface area (Å²) in [6, 6.07) is 14.1. The van der Waals surface area contributed by atoms with Gasteiger partial charge in [-0.15, -0.1) is 0 Å². The topological polar surface area (TPSA) is 66.9 Å². The van der Waals surface area contributed by atoms with Crippen LogP contribution >= 0.6 is 23.2 Å². The second-order valence-electron chi connectivity index (χ2n) is 5.37. The van der Waals surface area contributed by atoms with E-state index >= 15 is 0 Å². The molecule has 25 heavy (non-hydrogen) atoms. The quantitative estimate of drug-likeness (QED) is 0.669. The molecular formula is C18H14Cl2N4O. The van der Waals surface area contributed by atoms with Gasteiger partial charge in [0.05, 0.1) is 0 Å². The third kappa shape index (κ3) is 4.68. The van der Waals surface area contributed by atoms with Crippen molar-refractivity contribution in [3.05, 3.63) is 76.0 Å². The van der Waals surface area contributed by atoms with Crippen LogP contribution in [0.3, 0.4) is 0 Å². The predicted molar refractivity (Wildman–Crippen MR) is 101 cm³/mol. The molecule has 0 aliphatic heterocycles. The fraction of sp³-hybridized carbons (Fsp3) is 0.0556. The van der Waals surface area contributed by atoms with Crippen LogP contribution in [-0.2, 0) is 0 Å². The van der Waals surface area contributed by atoms with E-state index in [0.717, 1.165) is 11.3 Å². The van der Waals surface area contributed by atoms with Crippen LogP contribution in [-0.4, -0.2) is 15.9 Å². The maximum Gasteiger partial charge on any atom is 0.274 e. The molecule has 3 aromatic rings. The van der Waals surface area contributed by atoms with Crippen molar-refractivity contribution in [3.63, 3.8) is 0 Å². The van der Waals surface area contributed by atoms with Crippen molar-refractivity contribution < 1.29 is 4.79 Å². The van der Waals surface area contributed by atoms with E-state index in [0.29, 0.717) is 21.7 Å². The van der Waals surface area contributed by atoms with E-state index in [1.165, 1.54) is 12.3 Å². The first-order valence-electron chi connectivity index (χ1n) is 7.44. The molecule has 0 unspecified atom stereocenters. The van der Waals surface area contributed by atoms with E-state index in [4.69, 9.17) is 23.2 Å². The van der Waals surface area contributed by atoms with E-state index in [1.54, 1.807) is 18.2 Å². The maximum atomic E-state index is 12.4. The number of anilines is 3. The Kier molecular flexibility index (Phi) is 5.16. The van der Waals surface area contributed by atoms with Gasteiger partial charge >= 0.3 is 0 Å². The highest BCUT2D eigenvalue weighted by molar-refractivity contribution is 6.35. The lowest BCUT2D eigenvalue weighted by molar-refractivity contribution is 0.102. The Morgan fingerprint density at radius 3 is 2.48 bits per heavy atom. The molecule has 1 heterocycles. The molecule has 2 aromatic carbocycles. The summed E-state index contributed by atoms with van der Waals surface area (Å²) >= 11 is 11.9. The Bertz CT molecular complexity index is 910. The van der Waals surface area contributed by atoms with E-state index in [1.807, 2.05) is 31.2 Å². The molecule has 126 valence electrons. The molecule has 0 spiro atoms. The molecule has 5 nitrogen and oxygen atoms in total. The summed E-state index contributed by atoms with van der Waals surface area (Å²) in [5, 5.41) is 6.67. The minimum atomic E-state index is -0.381. The minimum Gasteiger partial charge on any atom is -0.324 e. The molecule has 7 heteroatoms. The molecule has 0 bridgehead atoms. The summed E-state index contributed by atoms with van der Waals surface area (Å²) in [6.45, 7) is 1.99. The Balaban J connectivity index is 1.77. The predicted octanol–water partition coefficient (Wildman–Crippen LogP) is 5.09. The van der Waals surface area contributed by atoms with Crippen LogP contribution in [0.2, 0.25) is 10.0 Å². The number of aromatic nitrogens is 2. The zero-order chi connectivity index (χ0) is 17.8. The minimum absolute atomic E-state index is 0.223. The van der Waals surface area contributed by atoms with Gasteiger partial charge in [-0.3, -0.25) is 4.79 Å². The van der Waals surface area contributed by atoms with Crippen molar-refractivity contribution in [2.75, 3.05) is 10.6 Å². The second kappa shape index (κ2) is 7.51. The van der Waals surface area contributed by atoms with E-state index in [9.17, 15) is 4.79 Å². The molecule has 0 aliphatic rings. The van der Waals surface area contributed by atoms with Crippen LogP contribution < -0.4 is 10.6 Å². The van der Waals surface area contributed by atoms with Gasteiger partial charge in [0.25, 0.3) is 5.91 Å². The van der Waals surface area contributed by atoms with Crippen LogP contribution in [0.4, 0.5) is 17.3 Å². The van der Waals surface area contributed by atoms with Gasteiger partial charge in [-0.25, -0.2) is 9.97 Å². The molecule has 1 aromatic heterocycles. The average molecular weight is 373 g/mol. The third-order valence-electron chi connectivity index (χ3n) is 3.28. The van der Waals surface area contributed by atoms with Crippen molar-refractivity contribution in [1.29, 1.82) is 0 Å². The summed E-state index contributed by atoms with van der Waals surface area (Å²) in [5.74, 6) is -0.0459. The zero-order valence-electron chi connectivity index (χ0n) is 13.3. The second-order valence-corrected chi connectivity index (χ2v) is 6.25. The third-order valence-corrected chi connectivity index (χ3v) is 3.72. The lowest BCUT2D eigenvalue weighted by atomic mass is 10.2. The number of carbonyl (C=O) groups is 1. The monoisotopic (exact) mass is 372 g/mol. The number of nitrogens with one attached hydrogen (secondary N) is 2. The molecule has 3 rings (SSSR count).